The van der Waals surface area contributed by atoms with Crippen molar-refractivity contribution in [3.63, 3.8) is 0 Å². The monoisotopic (exact) mass is 517 g/mol. The number of unbranched alkanes of at least 4 members (excludes halogenated alkanes) is 1. The van der Waals surface area contributed by atoms with E-state index in [-0.39, 0.29) is 19.1 Å². The molecule has 2 aromatic carbocycles. The molecule has 0 aliphatic heterocycles. The van der Waals surface area contributed by atoms with Crippen LogP contribution in [0.1, 0.15) is 42.5 Å². The molecule has 0 saturated carbocycles. The van der Waals surface area contributed by atoms with Gasteiger partial charge in [-0.25, -0.2) is 9.78 Å². The summed E-state index contributed by atoms with van der Waals surface area (Å²) in [4.78, 5) is 27.6. The Bertz CT molecular complexity index is 1360. The maximum atomic E-state index is 12.2. The molecule has 1 amide bonds. The molecule has 0 bridgehead atoms. The number of nitrogens with zero attached hydrogens (tertiary/aromatic N) is 5. The van der Waals surface area contributed by atoms with Crippen LogP contribution in [0, 0.1) is 6.92 Å². The van der Waals surface area contributed by atoms with Gasteiger partial charge in [0.15, 0.2) is 0 Å². The lowest BCUT2D eigenvalue weighted by Crippen LogP contribution is -2.29. The van der Waals surface area contributed by atoms with E-state index < -0.39 is 12.6 Å². The number of rotatable bonds is 13. The first-order chi connectivity index (χ1) is 18.5. The molecule has 2 aromatic heterocycles. The molecule has 0 unspecified atom stereocenters. The van der Waals surface area contributed by atoms with Gasteiger partial charge in [0.1, 0.15) is 19.0 Å². The molecular weight excluding hydrogens is 486 g/mol. The molecule has 0 aliphatic carbocycles. The lowest BCUT2D eigenvalue weighted by Gasteiger charge is -2.14. The summed E-state index contributed by atoms with van der Waals surface area (Å²) in [5.74, 6) is 0.0242. The molecule has 3 N–H and O–H groups in total. The predicted octanol–water partition coefficient (Wildman–Crippen LogP) is 3.15. The summed E-state index contributed by atoms with van der Waals surface area (Å²) in [7, 11) is 0. The summed E-state index contributed by atoms with van der Waals surface area (Å²) in [6.45, 7) is 4.13. The smallest absolute Gasteiger partial charge is 0.329 e. The first-order valence-electron chi connectivity index (χ1n) is 12.5. The number of H-pyrrole nitrogens is 1. The van der Waals surface area contributed by atoms with Crippen LogP contribution in [0.3, 0.4) is 0 Å². The Hall–Kier alpha value is -4.38. The first kappa shape index (κ1) is 26.7. The summed E-state index contributed by atoms with van der Waals surface area (Å²) < 4.78 is 7.05. The van der Waals surface area contributed by atoms with E-state index in [2.05, 4.69) is 61.7 Å². The Morgan fingerprint density at radius 2 is 1.84 bits per heavy atom. The van der Waals surface area contributed by atoms with Crippen LogP contribution in [0.2, 0.25) is 0 Å². The quantitative estimate of drug-likeness (QED) is 0.245. The molecule has 11 heteroatoms. The van der Waals surface area contributed by atoms with Crippen molar-refractivity contribution in [2.75, 3.05) is 13.2 Å². The highest BCUT2D eigenvalue weighted by Gasteiger charge is 2.16. The molecule has 0 radical (unpaired) electrons. The van der Waals surface area contributed by atoms with Gasteiger partial charge in [-0.2, -0.15) is 5.21 Å². The van der Waals surface area contributed by atoms with Crippen LogP contribution in [0.4, 0.5) is 0 Å². The van der Waals surface area contributed by atoms with Crippen molar-refractivity contribution in [3.05, 3.63) is 71.3 Å². The van der Waals surface area contributed by atoms with E-state index in [4.69, 9.17) is 14.8 Å². The number of benzene rings is 2. The Labute approximate surface area is 220 Å². The van der Waals surface area contributed by atoms with Crippen molar-refractivity contribution in [3.8, 4) is 22.5 Å². The Morgan fingerprint density at radius 1 is 1.08 bits per heavy atom. The van der Waals surface area contributed by atoms with Gasteiger partial charge >= 0.3 is 5.97 Å². The fourth-order valence-corrected chi connectivity index (χ4v) is 4.25. The zero-order valence-electron chi connectivity index (χ0n) is 21.5. The Morgan fingerprint density at radius 3 is 2.53 bits per heavy atom. The number of amides is 1. The maximum absolute atomic E-state index is 12.2. The molecule has 2 heterocycles. The third-order valence-corrected chi connectivity index (χ3v) is 6.14. The van der Waals surface area contributed by atoms with Crippen LogP contribution in [0.25, 0.3) is 22.5 Å². The van der Waals surface area contributed by atoms with Crippen LogP contribution in [-0.4, -0.2) is 60.4 Å². The number of nitrogens with one attached hydrogen (secondary N) is 2. The van der Waals surface area contributed by atoms with Gasteiger partial charge in [-0.05, 0) is 35.2 Å². The number of aliphatic carboxylic acids is 1. The van der Waals surface area contributed by atoms with Gasteiger partial charge < -0.3 is 19.7 Å². The van der Waals surface area contributed by atoms with Crippen molar-refractivity contribution < 1.29 is 19.4 Å². The normalized spacial score (nSPS) is 11.0. The number of carboxylic acids is 1. The SMILES string of the molecule is CCCCc1nc(C)c(CNC(=O)COCC(=O)O)n1Cc1ccc(-c2ccccc2-c2nn[nH]n2)cc1. The number of imidazole rings is 1. The van der Waals surface area contributed by atoms with Gasteiger partial charge in [-0.3, -0.25) is 4.79 Å². The fourth-order valence-electron chi connectivity index (χ4n) is 4.25. The molecule has 4 aromatic rings. The van der Waals surface area contributed by atoms with Crippen molar-refractivity contribution >= 4 is 11.9 Å². The number of aryl methyl sites for hydroxylation is 2. The van der Waals surface area contributed by atoms with Crippen molar-refractivity contribution in [1.29, 1.82) is 0 Å². The van der Waals surface area contributed by atoms with Gasteiger partial charge in [0.25, 0.3) is 0 Å². The minimum absolute atomic E-state index is 0.274. The lowest BCUT2D eigenvalue weighted by atomic mass is 9.98. The summed E-state index contributed by atoms with van der Waals surface area (Å²) in [5.41, 5.74) is 5.81. The van der Waals surface area contributed by atoms with Gasteiger partial charge in [0.05, 0.1) is 17.9 Å². The average Bonchev–Trinajstić information content (AvgIpc) is 3.55. The van der Waals surface area contributed by atoms with Gasteiger partial charge in [-0.15, -0.1) is 10.2 Å². The van der Waals surface area contributed by atoms with E-state index in [1.165, 1.54) is 0 Å². The summed E-state index contributed by atoms with van der Waals surface area (Å²) in [5, 5.41) is 25.9. The first-order valence-corrected chi connectivity index (χ1v) is 12.5. The van der Waals surface area contributed by atoms with Crippen LogP contribution in [0.5, 0.6) is 0 Å². The van der Waals surface area contributed by atoms with Gasteiger partial charge in [0, 0.05) is 18.5 Å². The topological polar surface area (TPSA) is 148 Å². The van der Waals surface area contributed by atoms with E-state index >= 15 is 0 Å². The second kappa shape index (κ2) is 12.7. The maximum Gasteiger partial charge on any atom is 0.329 e. The Kier molecular flexibility index (Phi) is 8.94. The van der Waals surface area contributed by atoms with E-state index in [1.54, 1.807) is 0 Å². The van der Waals surface area contributed by atoms with Gasteiger partial charge in [0.2, 0.25) is 11.7 Å². The van der Waals surface area contributed by atoms with Crippen LogP contribution < -0.4 is 5.32 Å². The zero-order chi connectivity index (χ0) is 26.9. The molecular formula is C27H31N7O4. The largest absolute Gasteiger partial charge is 0.480 e. The number of hydrogen-bond donors (Lipinski definition) is 3. The van der Waals surface area contributed by atoms with E-state index in [9.17, 15) is 9.59 Å². The highest BCUT2D eigenvalue weighted by Crippen LogP contribution is 2.30. The van der Waals surface area contributed by atoms with Crippen molar-refractivity contribution in [2.24, 2.45) is 0 Å². The molecule has 4 rings (SSSR count). The molecule has 0 atom stereocenters. The number of aromatic nitrogens is 6. The number of ether oxygens (including phenoxy) is 1. The summed E-state index contributed by atoms with van der Waals surface area (Å²) in [6.07, 6.45) is 2.90. The van der Waals surface area contributed by atoms with E-state index in [1.807, 2.05) is 31.2 Å². The number of carbonyl (C=O) groups is 2. The molecule has 0 aliphatic rings. The van der Waals surface area contributed by atoms with Gasteiger partial charge in [-0.1, -0.05) is 61.9 Å². The molecule has 0 spiro atoms. The predicted molar refractivity (Wildman–Crippen MR) is 140 cm³/mol. The van der Waals surface area contributed by atoms with E-state index in [0.29, 0.717) is 12.4 Å². The lowest BCUT2D eigenvalue weighted by molar-refractivity contribution is -0.143. The van der Waals surface area contributed by atoms with Crippen LogP contribution in [0.15, 0.2) is 48.5 Å². The minimum atomic E-state index is -1.11. The Balaban J connectivity index is 1.53. The molecule has 11 nitrogen and oxygen atoms in total. The highest BCUT2D eigenvalue weighted by molar-refractivity contribution is 5.80. The highest BCUT2D eigenvalue weighted by atomic mass is 16.5. The second-order valence-corrected chi connectivity index (χ2v) is 8.89. The number of tetrazole rings is 1. The van der Waals surface area contributed by atoms with Crippen molar-refractivity contribution in [2.45, 2.75) is 46.2 Å². The zero-order valence-corrected chi connectivity index (χ0v) is 21.5. The second-order valence-electron chi connectivity index (χ2n) is 8.89. The average molecular weight is 518 g/mol. The van der Waals surface area contributed by atoms with Crippen molar-refractivity contribution in [1.82, 2.24) is 35.5 Å². The molecule has 198 valence electrons. The number of aromatic amines is 1. The third-order valence-electron chi connectivity index (χ3n) is 6.14. The van der Waals surface area contributed by atoms with E-state index in [0.717, 1.165) is 58.7 Å². The number of carbonyl (C=O) groups excluding carboxylic acids is 1. The number of hydrogen-bond acceptors (Lipinski definition) is 7. The standard InChI is InChI=1S/C27H31N7O4/c1-3-4-9-24-29-18(2)23(14-28-25(35)16-38-17-26(36)37)34(24)15-19-10-12-20(13-11-19)21-7-5-6-8-22(21)27-30-32-33-31-27/h5-8,10-13H,3-4,9,14-17H2,1-2H3,(H,28,35)(H,36,37)(H,30,31,32,33). The minimum Gasteiger partial charge on any atom is -0.480 e. The fraction of sp³-hybridized carbons (Fsp3) is 0.333. The molecule has 38 heavy (non-hydrogen) atoms. The molecule has 0 fully saturated rings. The summed E-state index contributed by atoms with van der Waals surface area (Å²) >= 11 is 0. The number of carboxylic acid groups (broad SMARTS) is 1. The third kappa shape index (κ3) is 6.68. The van der Waals surface area contributed by atoms with Crippen LogP contribution in [-0.2, 0) is 33.8 Å². The molecule has 0 saturated heterocycles. The van der Waals surface area contributed by atoms with Crippen LogP contribution >= 0.6 is 0 Å². The summed E-state index contributed by atoms with van der Waals surface area (Å²) in [6, 6.07) is 16.2.